The summed E-state index contributed by atoms with van der Waals surface area (Å²) < 4.78 is 35.6. The average Bonchev–Trinajstić information content (AvgIpc) is 2.69. The van der Waals surface area contributed by atoms with Crippen molar-refractivity contribution >= 4 is 0 Å². The van der Waals surface area contributed by atoms with E-state index in [1.54, 1.807) is 12.1 Å². The fourth-order valence-electron chi connectivity index (χ4n) is 5.20. The lowest BCUT2D eigenvalue weighted by Crippen LogP contribution is -2.49. The third-order valence-corrected chi connectivity index (χ3v) is 6.81. The summed E-state index contributed by atoms with van der Waals surface area (Å²) in [6, 6.07) is 3.37. The lowest BCUT2D eigenvalue weighted by molar-refractivity contribution is -0.0570. The van der Waals surface area contributed by atoms with Gasteiger partial charge in [0.25, 0.3) is 0 Å². The second-order valence-electron chi connectivity index (χ2n) is 8.56. The Kier molecular flexibility index (Phi) is 6.58. The van der Waals surface area contributed by atoms with Crippen molar-refractivity contribution in [2.24, 2.45) is 11.8 Å². The highest BCUT2D eigenvalue weighted by Crippen LogP contribution is 2.45. The normalized spacial score (nSPS) is 20.3. The van der Waals surface area contributed by atoms with Crippen LogP contribution in [0.1, 0.15) is 90.0 Å². The lowest BCUT2D eigenvalue weighted by Gasteiger charge is -2.46. The Hall–Kier alpha value is -1.12. The molecule has 0 radical (unpaired) electrons. The SMILES string of the molecule is CCCc1ccc(OC(C)(C2CCCCC2)C2CCCCC2)c(F)c1F. The molecule has 0 aromatic heterocycles. The predicted molar refractivity (Wildman–Crippen MR) is 103 cm³/mol. The number of ether oxygens (including phenoxy) is 1. The first-order chi connectivity index (χ1) is 12.6. The van der Waals surface area contributed by atoms with Crippen molar-refractivity contribution in [3.8, 4) is 5.75 Å². The minimum absolute atomic E-state index is 0.112. The highest BCUT2D eigenvalue weighted by molar-refractivity contribution is 5.32. The van der Waals surface area contributed by atoms with Gasteiger partial charge >= 0.3 is 0 Å². The van der Waals surface area contributed by atoms with Crippen molar-refractivity contribution in [1.82, 2.24) is 0 Å². The highest BCUT2D eigenvalue weighted by Gasteiger charge is 2.44. The second-order valence-corrected chi connectivity index (χ2v) is 8.56. The molecule has 26 heavy (non-hydrogen) atoms. The van der Waals surface area contributed by atoms with Gasteiger partial charge in [-0.25, -0.2) is 4.39 Å². The molecule has 0 heterocycles. The maximum absolute atomic E-state index is 14.8. The summed E-state index contributed by atoms with van der Waals surface area (Å²) in [6.07, 6.45) is 13.4. The number of halogens is 2. The molecule has 2 fully saturated rings. The number of aryl methyl sites for hydroxylation is 1. The van der Waals surface area contributed by atoms with E-state index in [9.17, 15) is 8.78 Å². The van der Waals surface area contributed by atoms with Gasteiger partial charge in [-0.05, 0) is 62.5 Å². The Balaban J connectivity index is 1.88. The Bertz CT molecular complexity index is 568. The summed E-state index contributed by atoms with van der Waals surface area (Å²) in [7, 11) is 0. The summed E-state index contributed by atoms with van der Waals surface area (Å²) >= 11 is 0. The first-order valence-electron chi connectivity index (χ1n) is 10.7. The van der Waals surface area contributed by atoms with Gasteiger partial charge in [0.15, 0.2) is 11.6 Å². The molecule has 3 rings (SSSR count). The molecular formula is C23H34F2O. The molecule has 2 aliphatic rings. The fourth-order valence-corrected chi connectivity index (χ4v) is 5.20. The van der Waals surface area contributed by atoms with Crippen molar-refractivity contribution in [3.05, 3.63) is 29.3 Å². The quantitative estimate of drug-likeness (QED) is 0.518. The molecule has 0 spiro atoms. The average molecular weight is 365 g/mol. The van der Waals surface area contributed by atoms with E-state index in [2.05, 4.69) is 6.92 Å². The van der Waals surface area contributed by atoms with Crippen LogP contribution in [-0.4, -0.2) is 5.60 Å². The maximum atomic E-state index is 14.8. The van der Waals surface area contributed by atoms with Crippen LogP contribution in [0.4, 0.5) is 8.78 Å². The minimum Gasteiger partial charge on any atom is -0.484 e. The van der Waals surface area contributed by atoms with Crippen LogP contribution < -0.4 is 4.74 Å². The smallest absolute Gasteiger partial charge is 0.200 e. The van der Waals surface area contributed by atoms with Gasteiger partial charge in [-0.3, -0.25) is 0 Å². The molecule has 0 aliphatic heterocycles. The zero-order chi connectivity index (χ0) is 18.6. The molecule has 0 atom stereocenters. The summed E-state index contributed by atoms with van der Waals surface area (Å²) in [5.74, 6) is -0.525. The van der Waals surface area contributed by atoms with E-state index >= 15 is 0 Å². The molecule has 0 bridgehead atoms. The van der Waals surface area contributed by atoms with E-state index in [4.69, 9.17) is 4.74 Å². The van der Waals surface area contributed by atoms with Gasteiger partial charge in [0.1, 0.15) is 5.60 Å². The van der Waals surface area contributed by atoms with Crippen LogP contribution in [0.3, 0.4) is 0 Å². The second kappa shape index (κ2) is 8.71. The Labute approximate surface area is 157 Å². The number of benzene rings is 1. The summed E-state index contributed by atoms with van der Waals surface area (Å²) in [4.78, 5) is 0. The largest absolute Gasteiger partial charge is 0.484 e. The van der Waals surface area contributed by atoms with Gasteiger partial charge < -0.3 is 4.74 Å². The Morgan fingerprint density at radius 2 is 1.42 bits per heavy atom. The van der Waals surface area contributed by atoms with E-state index in [0.717, 1.165) is 32.1 Å². The van der Waals surface area contributed by atoms with E-state index in [1.165, 1.54) is 38.5 Å². The van der Waals surface area contributed by atoms with Crippen molar-refractivity contribution in [3.63, 3.8) is 0 Å². The molecule has 1 aromatic carbocycles. The lowest BCUT2D eigenvalue weighted by atomic mass is 9.67. The topological polar surface area (TPSA) is 9.23 Å². The summed E-state index contributed by atoms with van der Waals surface area (Å²) in [5.41, 5.74) is 0.0646. The summed E-state index contributed by atoms with van der Waals surface area (Å²) in [5, 5.41) is 0. The molecule has 0 amide bonds. The van der Waals surface area contributed by atoms with E-state index < -0.39 is 11.6 Å². The summed E-state index contributed by atoms with van der Waals surface area (Å²) in [6.45, 7) is 4.15. The monoisotopic (exact) mass is 364 g/mol. The standard InChI is InChI=1S/C23H34F2O/c1-3-10-17-15-16-20(22(25)21(17)24)26-23(2,18-11-6-4-7-12-18)19-13-8-5-9-14-19/h15-16,18-19H,3-14H2,1-2H3. The first kappa shape index (κ1) is 19.6. The van der Waals surface area contributed by atoms with Gasteiger partial charge in [-0.2, -0.15) is 4.39 Å². The van der Waals surface area contributed by atoms with E-state index in [-0.39, 0.29) is 11.4 Å². The van der Waals surface area contributed by atoms with Gasteiger partial charge in [-0.15, -0.1) is 0 Å². The molecule has 0 N–H and O–H groups in total. The molecule has 0 unspecified atom stereocenters. The van der Waals surface area contributed by atoms with Crippen molar-refractivity contribution < 1.29 is 13.5 Å². The van der Waals surface area contributed by atoms with Crippen LogP contribution in [-0.2, 0) is 6.42 Å². The van der Waals surface area contributed by atoms with Gasteiger partial charge in [-0.1, -0.05) is 57.9 Å². The number of hydrogen-bond acceptors (Lipinski definition) is 1. The molecule has 1 nitrogen and oxygen atoms in total. The molecule has 1 aromatic rings. The van der Waals surface area contributed by atoms with E-state index in [1.807, 2.05) is 6.92 Å². The third-order valence-electron chi connectivity index (χ3n) is 6.81. The highest BCUT2D eigenvalue weighted by atomic mass is 19.2. The van der Waals surface area contributed by atoms with Crippen LogP contribution >= 0.6 is 0 Å². The maximum Gasteiger partial charge on any atom is 0.200 e. The molecular weight excluding hydrogens is 330 g/mol. The van der Waals surface area contributed by atoms with Crippen LogP contribution in [0.15, 0.2) is 12.1 Å². The predicted octanol–water partition coefficient (Wildman–Crippen LogP) is 7.22. The fraction of sp³-hybridized carbons (Fsp3) is 0.739. The van der Waals surface area contributed by atoms with Crippen LogP contribution in [0.5, 0.6) is 5.75 Å². The Morgan fingerprint density at radius 1 is 0.885 bits per heavy atom. The zero-order valence-electron chi connectivity index (χ0n) is 16.5. The Morgan fingerprint density at radius 3 is 1.92 bits per heavy atom. The third kappa shape index (κ3) is 4.07. The van der Waals surface area contributed by atoms with Crippen molar-refractivity contribution in [1.29, 1.82) is 0 Å². The molecule has 0 saturated heterocycles. The zero-order valence-corrected chi connectivity index (χ0v) is 16.5. The van der Waals surface area contributed by atoms with Gasteiger partial charge in [0.05, 0.1) is 0 Å². The molecule has 2 aliphatic carbocycles. The first-order valence-corrected chi connectivity index (χ1v) is 10.7. The van der Waals surface area contributed by atoms with Crippen molar-refractivity contribution in [2.75, 3.05) is 0 Å². The van der Waals surface area contributed by atoms with E-state index in [0.29, 0.717) is 23.8 Å². The van der Waals surface area contributed by atoms with Crippen LogP contribution in [0.2, 0.25) is 0 Å². The molecule has 2 saturated carbocycles. The van der Waals surface area contributed by atoms with Crippen molar-refractivity contribution in [2.45, 2.75) is 96.5 Å². The molecule has 3 heteroatoms. The number of rotatable bonds is 6. The van der Waals surface area contributed by atoms with Crippen LogP contribution in [0.25, 0.3) is 0 Å². The minimum atomic E-state index is -0.797. The van der Waals surface area contributed by atoms with Crippen LogP contribution in [0, 0.1) is 23.5 Å². The van der Waals surface area contributed by atoms with Gasteiger partial charge in [0.2, 0.25) is 5.82 Å². The number of hydrogen-bond donors (Lipinski definition) is 0. The molecule has 146 valence electrons. The van der Waals surface area contributed by atoms with Gasteiger partial charge in [0, 0.05) is 0 Å².